The van der Waals surface area contributed by atoms with Gasteiger partial charge in [0, 0.05) is 37.5 Å². The Hall–Kier alpha value is -2.67. The lowest BCUT2D eigenvalue weighted by Crippen LogP contribution is -2.50. The number of amides is 1. The Morgan fingerprint density at radius 3 is 2.74 bits per heavy atom. The van der Waals surface area contributed by atoms with Gasteiger partial charge in [-0.3, -0.25) is 9.59 Å². The Labute approximate surface area is 157 Å². The molecule has 2 aromatic rings. The molecular weight excluding hydrogens is 344 g/mol. The second kappa shape index (κ2) is 6.81. The van der Waals surface area contributed by atoms with Crippen molar-refractivity contribution in [2.45, 2.75) is 31.9 Å². The minimum atomic E-state index is -0.940. The van der Waals surface area contributed by atoms with Gasteiger partial charge in [-0.15, -0.1) is 0 Å². The summed E-state index contributed by atoms with van der Waals surface area (Å²) in [5.41, 5.74) is 1.23. The first-order valence-electron chi connectivity index (χ1n) is 9.36. The molecule has 7 nitrogen and oxygen atoms in total. The number of nitrogens with zero attached hydrogens (tertiary/aromatic N) is 4. The van der Waals surface area contributed by atoms with Gasteiger partial charge in [0.1, 0.15) is 12.1 Å². The Balaban J connectivity index is 1.77. The number of rotatable bonds is 2. The molecule has 0 spiro atoms. The van der Waals surface area contributed by atoms with E-state index in [0.717, 1.165) is 18.5 Å². The Morgan fingerprint density at radius 1 is 1.22 bits per heavy atom. The fourth-order valence-electron chi connectivity index (χ4n) is 4.12. The van der Waals surface area contributed by atoms with Crippen molar-refractivity contribution in [3.8, 4) is 0 Å². The maximum atomic E-state index is 13.4. The lowest BCUT2D eigenvalue weighted by Gasteiger charge is -2.36. The number of hydrogen-bond acceptors (Lipinski definition) is 5. The van der Waals surface area contributed by atoms with E-state index in [-0.39, 0.29) is 11.5 Å². The van der Waals surface area contributed by atoms with Gasteiger partial charge in [-0.05, 0) is 30.9 Å². The summed E-state index contributed by atoms with van der Waals surface area (Å²) in [7, 11) is 1.58. The summed E-state index contributed by atoms with van der Waals surface area (Å²) >= 11 is 0. The van der Waals surface area contributed by atoms with E-state index in [2.05, 4.69) is 12.0 Å². The van der Waals surface area contributed by atoms with Crippen molar-refractivity contribution < 1.29 is 9.90 Å². The zero-order valence-electron chi connectivity index (χ0n) is 15.6. The molecule has 27 heavy (non-hydrogen) atoms. The van der Waals surface area contributed by atoms with Gasteiger partial charge in [0.2, 0.25) is 5.91 Å². The zero-order chi connectivity index (χ0) is 19.1. The van der Waals surface area contributed by atoms with Crippen LogP contribution in [0.4, 0.5) is 11.5 Å². The predicted octanol–water partition coefficient (Wildman–Crippen LogP) is 1.59. The average molecular weight is 368 g/mol. The number of likely N-dealkylation sites (tertiary alicyclic amines) is 1. The van der Waals surface area contributed by atoms with E-state index in [0.29, 0.717) is 30.4 Å². The van der Waals surface area contributed by atoms with Gasteiger partial charge in [-0.1, -0.05) is 25.1 Å². The molecule has 1 aromatic heterocycles. The highest BCUT2D eigenvalue weighted by atomic mass is 16.3. The first kappa shape index (κ1) is 17.7. The fourth-order valence-corrected chi connectivity index (χ4v) is 4.12. The van der Waals surface area contributed by atoms with Gasteiger partial charge < -0.3 is 14.9 Å². The molecule has 0 saturated carbocycles. The van der Waals surface area contributed by atoms with Crippen LogP contribution in [0.3, 0.4) is 0 Å². The van der Waals surface area contributed by atoms with E-state index >= 15 is 0 Å². The number of para-hydroxylation sites is 1. The second-order valence-corrected chi connectivity index (χ2v) is 7.50. The van der Waals surface area contributed by atoms with Gasteiger partial charge >= 0.3 is 0 Å². The number of anilines is 2. The number of fused-ring (bicyclic) bond motifs is 1. The predicted molar refractivity (Wildman–Crippen MR) is 102 cm³/mol. The van der Waals surface area contributed by atoms with E-state index in [1.807, 2.05) is 29.2 Å². The number of hydrogen-bond donors (Lipinski definition) is 1. The minimum absolute atomic E-state index is 0.0964. The zero-order valence-corrected chi connectivity index (χ0v) is 15.6. The maximum Gasteiger partial charge on any atom is 0.266 e. The molecule has 142 valence electrons. The summed E-state index contributed by atoms with van der Waals surface area (Å²) in [5.74, 6) is 0.832. The van der Waals surface area contributed by atoms with Crippen molar-refractivity contribution in [3.63, 3.8) is 0 Å². The number of aryl methyl sites for hydroxylation is 1. The number of aromatic nitrogens is 2. The van der Waals surface area contributed by atoms with Gasteiger partial charge in [0.05, 0.1) is 0 Å². The molecule has 0 aliphatic carbocycles. The molecule has 7 heteroatoms. The van der Waals surface area contributed by atoms with Gasteiger partial charge in [0.15, 0.2) is 5.82 Å². The molecule has 1 aromatic carbocycles. The minimum Gasteiger partial charge on any atom is -0.386 e. The molecule has 3 atom stereocenters. The van der Waals surface area contributed by atoms with Crippen molar-refractivity contribution >= 4 is 17.4 Å². The summed E-state index contributed by atoms with van der Waals surface area (Å²) in [4.78, 5) is 28.8. The van der Waals surface area contributed by atoms with E-state index in [1.54, 1.807) is 18.0 Å². The SMILES string of the molecule is CC1CCCN(C(=O)[C@H]2[C@@H](O)c3ccccc3N2c2ccc(=O)n(C)n2)C1. The Kier molecular flexibility index (Phi) is 4.47. The normalized spacial score (nSPS) is 24.8. The second-order valence-electron chi connectivity index (χ2n) is 7.50. The topological polar surface area (TPSA) is 78.7 Å². The van der Waals surface area contributed by atoms with Crippen LogP contribution in [-0.2, 0) is 11.8 Å². The van der Waals surface area contributed by atoms with Crippen LogP contribution in [0.25, 0.3) is 0 Å². The fraction of sp³-hybridized carbons (Fsp3) is 0.450. The molecule has 2 aliphatic rings. The highest BCUT2D eigenvalue weighted by Crippen LogP contribution is 2.44. The molecule has 0 bridgehead atoms. The summed E-state index contributed by atoms with van der Waals surface area (Å²) in [5, 5.41) is 15.3. The van der Waals surface area contributed by atoms with Gasteiger partial charge in [-0.25, -0.2) is 4.68 Å². The lowest BCUT2D eigenvalue weighted by atomic mass is 9.98. The van der Waals surface area contributed by atoms with Crippen molar-refractivity contribution in [1.82, 2.24) is 14.7 Å². The van der Waals surface area contributed by atoms with Crippen LogP contribution in [0.1, 0.15) is 31.4 Å². The first-order chi connectivity index (χ1) is 13.0. The summed E-state index contributed by atoms with van der Waals surface area (Å²) in [6, 6.07) is 9.69. The highest BCUT2D eigenvalue weighted by molar-refractivity contribution is 5.92. The quantitative estimate of drug-likeness (QED) is 0.871. The van der Waals surface area contributed by atoms with Crippen molar-refractivity contribution in [2.24, 2.45) is 13.0 Å². The third-order valence-corrected chi connectivity index (χ3v) is 5.51. The third kappa shape index (κ3) is 3.02. The molecular formula is C20H24N4O3. The summed E-state index contributed by atoms with van der Waals surface area (Å²) in [6.45, 7) is 3.55. The number of benzene rings is 1. The van der Waals surface area contributed by atoms with E-state index in [1.165, 1.54) is 10.7 Å². The van der Waals surface area contributed by atoms with E-state index in [9.17, 15) is 14.7 Å². The number of aliphatic hydroxyl groups is 1. The van der Waals surface area contributed by atoms with Crippen LogP contribution in [0.15, 0.2) is 41.2 Å². The largest absolute Gasteiger partial charge is 0.386 e. The number of piperidine rings is 1. The van der Waals surface area contributed by atoms with Crippen LogP contribution >= 0.6 is 0 Å². The van der Waals surface area contributed by atoms with E-state index in [4.69, 9.17) is 0 Å². The highest BCUT2D eigenvalue weighted by Gasteiger charge is 2.45. The van der Waals surface area contributed by atoms with Crippen molar-refractivity contribution in [2.75, 3.05) is 18.0 Å². The first-order valence-corrected chi connectivity index (χ1v) is 9.36. The Morgan fingerprint density at radius 2 is 2.00 bits per heavy atom. The van der Waals surface area contributed by atoms with E-state index < -0.39 is 12.1 Å². The number of carbonyl (C=O) groups is 1. The maximum absolute atomic E-state index is 13.4. The van der Waals surface area contributed by atoms with Crippen LogP contribution in [0, 0.1) is 5.92 Å². The Bertz CT molecular complexity index is 925. The molecule has 2 aliphatic heterocycles. The molecule has 1 saturated heterocycles. The van der Waals surface area contributed by atoms with Crippen molar-refractivity contribution in [3.05, 3.63) is 52.3 Å². The molecule has 1 N–H and O–H groups in total. The molecule has 1 amide bonds. The smallest absolute Gasteiger partial charge is 0.266 e. The molecule has 1 fully saturated rings. The molecule has 3 heterocycles. The molecule has 4 rings (SSSR count). The van der Waals surface area contributed by atoms with Crippen LogP contribution in [0.2, 0.25) is 0 Å². The van der Waals surface area contributed by atoms with Crippen molar-refractivity contribution in [1.29, 1.82) is 0 Å². The summed E-state index contributed by atoms with van der Waals surface area (Å²) < 4.78 is 1.24. The standard InChI is InChI=1S/C20H24N4O3/c1-13-6-5-11-23(12-13)20(27)18-19(26)14-7-3-4-8-15(14)24(18)16-9-10-17(25)22(2)21-16/h3-4,7-10,13,18-19,26H,5-6,11-12H2,1-2H3/t13?,18-,19+/m1/s1. The number of aliphatic hydroxyl groups excluding tert-OH is 1. The molecule has 1 unspecified atom stereocenters. The monoisotopic (exact) mass is 368 g/mol. The summed E-state index contributed by atoms with van der Waals surface area (Å²) in [6.07, 6.45) is 1.15. The van der Waals surface area contributed by atoms with Crippen LogP contribution < -0.4 is 10.5 Å². The number of carbonyl (C=O) groups excluding carboxylic acids is 1. The van der Waals surface area contributed by atoms with Crippen LogP contribution in [-0.4, -0.2) is 44.8 Å². The third-order valence-electron chi connectivity index (χ3n) is 5.51. The molecule has 0 radical (unpaired) electrons. The lowest BCUT2D eigenvalue weighted by molar-refractivity contribution is -0.136. The average Bonchev–Trinajstić information content (AvgIpc) is 2.96. The van der Waals surface area contributed by atoms with Gasteiger partial charge in [-0.2, -0.15) is 5.10 Å². The van der Waals surface area contributed by atoms with Gasteiger partial charge in [0.25, 0.3) is 5.56 Å². The van der Waals surface area contributed by atoms with Crippen LogP contribution in [0.5, 0.6) is 0 Å².